The van der Waals surface area contributed by atoms with E-state index in [4.69, 9.17) is 16.3 Å². The second-order valence-corrected chi connectivity index (χ2v) is 5.59. The Morgan fingerprint density at radius 3 is 2.79 bits per heavy atom. The van der Waals surface area contributed by atoms with E-state index < -0.39 is 23.7 Å². The third-order valence-corrected chi connectivity index (χ3v) is 3.97. The number of nitrogens with one attached hydrogen (secondary N) is 2. The maximum Gasteiger partial charge on any atom is 0.345 e. The molecule has 0 fully saturated rings. The van der Waals surface area contributed by atoms with Crippen LogP contribution >= 0.6 is 11.6 Å². The Balaban J connectivity index is 2.35. The minimum absolute atomic E-state index is 0.133. The predicted molar refractivity (Wildman–Crippen MR) is 84.3 cm³/mol. The number of nitrogens with zero attached hydrogens (tertiary/aromatic N) is 1. The normalized spacial score (nSPS) is 20.0. The van der Waals surface area contributed by atoms with Crippen molar-refractivity contribution in [2.24, 2.45) is 0 Å². The predicted octanol–water partition coefficient (Wildman–Crippen LogP) is 0.141. The van der Waals surface area contributed by atoms with Gasteiger partial charge in [-0.3, -0.25) is 24.6 Å². The molecule has 1 unspecified atom stereocenters. The van der Waals surface area contributed by atoms with E-state index in [1.165, 1.54) is 11.1 Å². The standard InChI is InChI=1S/C15H18ClN3O5/c1-3-24-15(23)10-7-17-12-9(13(21)18-11(20)6-16)5-4-8(2)19(12)14(10)22/h7-8,17H,3-6H2,1-2H3,(H,18,20,21). The summed E-state index contributed by atoms with van der Waals surface area (Å²) in [5.41, 5.74) is 0.130. The number of hydrogen-bond acceptors (Lipinski definition) is 6. The molecule has 0 spiro atoms. The number of carbonyl (C=O) groups is 4. The van der Waals surface area contributed by atoms with Gasteiger partial charge in [-0.2, -0.15) is 0 Å². The van der Waals surface area contributed by atoms with E-state index in [1.807, 2.05) is 6.92 Å². The van der Waals surface area contributed by atoms with Crippen molar-refractivity contribution in [1.29, 1.82) is 0 Å². The van der Waals surface area contributed by atoms with Gasteiger partial charge in [-0.05, 0) is 26.7 Å². The lowest BCUT2D eigenvalue weighted by Crippen LogP contribution is -2.51. The summed E-state index contributed by atoms with van der Waals surface area (Å²) in [4.78, 5) is 49.3. The van der Waals surface area contributed by atoms with Crippen LogP contribution in [0.25, 0.3) is 0 Å². The fourth-order valence-electron chi connectivity index (χ4n) is 2.57. The van der Waals surface area contributed by atoms with Crippen LogP contribution in [0.4, 0.5) is 0 Å². The lowest BCUT2D eigenvalue weighted by molar-refractivity contribution is -0.142. The van der Waals surface area contributed by atoms with Crippen LogP contribution in [0.5, 0.6) is 0 Å². The molecule has 3 amide bonds. The highest BCUT2D eigenvalue weighted by Gasteiger charge is 2.39. The van der Waals surface area contributed by atoms with E-state index in [2.05, 4.69) is 10.6 Å². The smallest absolute Gasteiger partial charge is 0.345 e. The van der Waals surface area contributed by atoms with Crippen LogP contribution in [0.15, 0.2) is 23.2 Å². The molecule has 0 saturated heterocycles. The summed E-state index contributed by atoms with van der Waals surface area (Å²) in [6.07, 6.45) is 2.13. The Morgan fingerprint density at radius 2 is 2.17 bits per heavy atom. The van der Waals surface area contributed by atoms with Gasteiger partial charge < -0.3 is 10.1 Å². The van der Waals surface area contributed by atoms with Gasteiger partial charge in [0.2, 0.25) is 5.91 Å². The van der Waals surface area contributed by atoms with E-state index >= 15 is 0 Å². The van der Waals surface area contributed by atoms with Gasteiger partial charge in [-0.1, -0.05) is 0 Å². The number of esters is 1. The molecule has 0 aromatic rings. The highest BCUT2D eigenvalue weighted by molar-refractivity contribution is 6.29. The monoisotopic (exact) mass is 355 g/mol. The molecule has 0 aromatic carbocycles. The molecule has 2 rings (SSSR count). The summed E-state index contributed by atoms with van der Waals surface area (Å²) in [5.74, 6) is -2.57. The van der Waals surface area contributed by atoms with Crippen LogP contribution in [0.1, 0.15) is 26.7 Å². The Hall–Kier alpha value is -2.35. The van der Waals surface area contributed by atoms with Crippen molar-refractivity contribution >= 4 is 35.3 Å². The van der Waals surface area contributed by atoms with Gasteiger partial charge in [0.15, 0.2) is 0 Å². The van der Waals surface area contributed by atoms with Crippen LogP contribution < -0.4 is 10.6 Å². The average Bonchev–Trinajstić information content (AvgIpc) is 2.55. The molecule has 0 aromatic heterocycles. The Kier molecular flexibility index (Phi) is 5.61. The first-order valence-corrected chi connectivity index (χ1v) is 8.04. The Labute approximate surface area is 143 Å². The molecule has 8 nitrogen and oxygen atoms in total. The number of rotatable bonds is 4. The summed E-state index contributed by atoms with van der Waals surface area (Å²) in [7, 11) is 0. The van der Waals surface area contributed by atoms with Gasteiger partial charge in [0.1, 0.15) is 17.3 Å². The van der Waals surface area contributed by atoms with Crippen LogP contribution in [0.3, 0.4) is 0 Å². The van der Waals surface area contributed by atoms with Gasteiger partial charge in [0.05, 0.1) is 12.2 Å². The molecule has 2 aliphatic heterocycles. The van der Waals surface area contributed by atoms with Crippen molar-refractivity contribution in [3.8, 4) is 0 Å². The highest BCUT2D eigenvalue weighted by Crippen LogP contribution is 2.29. The van der Waals surface area contributed by atoms with Crippen LogP contribution in [0.2, 0.25) is 0 Å². The SMILES string of the molecule is CCOC(=O)C1=CNC2=C(C(=O)NC(=O)CCl)CCC(C)N2C1=O. The maximum atomic E-state index is 12.6. The molecule has 2 heterocycles. The van der Waals surface area contributed by atoms with Crippen molar-refractivity contribution in [3.05, 3.63) is 23.2 Å². The number of imide groups is 1. The average molecular weight is 356 g/mol. The van der Waals surface area contributed by atoms with E-state index in [0.29, 0.717) is 12.8 Å². The first-order valence-electron chi connectivity index (χ1n) is 7.51. The molecule has 130 valence electrons. The zero-order valence-electron chi connectivity index (χ0n) is 13.3. The second-order valence-electron chi connectivity index (χ2n) is 5.32. The quantitative estimate of drug-likeness (QED) is 0.422. The molecule has 0 saturated carbocycles. The van der Waals surface area contributed by atoms with E-state index in [-0.39, 0.29) is 35.5 Å². The minimum atomic E-state index is -0.727. The van der Waals surface area contributed by atoms with Crippen molar-refractivity contribution in [2.45, 2.75) is 32.7 Å². The third kappa shape index (κ3) is 3.43. The second kappa shape index (κ2) is 7.48. The van der Waals surface area contributed by atoms with Gasteiger partial charge in [0, 0.05) is 12.2 Å². The lowest BCUT2D eigenvalue weighted by atomic mass is 9.96. The van der Waals surface area contributed by atoms with Gasteiger partial charge in [0.25, 0.3) is 11.8 Å². The fourth-order valence-corrected chi connectivity index (χ4v) is 2.64. The number of halogens is 1. The molecule has 2 aliphatic rings. The summed E-state index contributed by atoms with van der Waals surface area (Å²) in [6.45, 7) is 3.60. The van der Waals surface area contributed by atoms with Gasteiger partial charge >= 0.3 is 5.97 Å². The van der Waals surface area contributed by atoms with E-state index in [9.17, 15) is 19.2 Å². The summed E-state index contributed by atoms with van der Waals surface area (Å²) < 4.78 is 4.86. The molecule has 0 bridgehead atoms. The topological polar surface area (TPSA) is 105 Å². The molecule has 2 N–H and O–H groups in total. The Bertz CT molecular complexity index is 655. The van der Waals surface area contributed by atoms with Crippen molar-refractivity contribution in [3.63, 3.8) is 0 Å². The molecule has 1 atom stereocenters. The molecule has 0 radical (unpaired) electrons. The number of fused-ring (bicyclic) bond motifs is 1. The van der Waals surface area contributed by atoms with E-state index in [1.54, 1.807) is 6.92 Å². The number of ether oxygens (including phenoxy) is 1. The zero-order valence-corrected chi connectivity index (χ0v) is 14.1. The van der Waals surface area contributed by atoms with Crippen LogP contribution in [-0.2, 0) is 23.9 Å². The number of carbonyl (C=O) groups excluding carboxylic acids is 4. The zero-order chi connectivity index (χ0) is 17.9. The third-order valence-electron chi connectivity index (χ3n) is 3.73. The summed E-state index contributed by atoms with van der Waals surface area (Å²) in [6, 6.07) is -0.210. The van der Waals surface area contributed by atoms with E-state index in [0.717, 1.165) is 0 Å². The first-order chi connectivity index (χ1) is 11.4. The number of hydrogen-bond donors (Lipinski definition) is 2. The molecule has 0 aliphatic carbocycles. The highest BCUT2D eigenvalue weighted by atomic mass is 35.5. The number of alkyl halides is 1. The largest absolute Gasteiger partial charge is 0.462 e. The molecular weight excluding hydrogens is 338 g/mol. The first kappa shape index (κ1) is 18.0. The summed E-state index contributed by atoms with van der Waals surface area (Å²) in [5, 5.41) is 4.97. The van der Waals surface area contributed by atoms with Crippen molar-refractivity contribution < 1.29 is 23.9 Å². The Morgan fingerprint density at radius 1 is 1.46 bits per heavy atom. The van der Waals surface area contributed by atoms with Gasteiger partial charge in [-0.15, -0.1) is 11.6 Å². The maximum absolute atomic E-state index is 12.6. The molecule has 9 heteroatoms. The van der Waals surface area contributed by atoms with Crippen molar-refractivity contribution in [2.75, 3.05) is 12.5 Å². The fraction of sp³-hybridized carbons (Fsp3) is 0.467. The lowest BCUT2D eigenvalue weighted by Gasteiger charge is -2.39. The summed E-state index contributed by atoms with van der Waals surface area (Å²) >= 11 is 5.38. The van der Waals surface area contributed by atoms with Crippen LogP contribution in [0, 0.1) is 0 Å². The van der Waals surface area contributed by atoms with Crippen LogP contribution in [-0.4, -0.2) is 47.1 Å². The molecular formula is C15H18ClN3O5. The van der Waals surface area contributed by atoms with Crippen molar-refractivity contribution in [1.82, 2.24) is 15.5 Å². The number of amides is 3. The molecule has 24 heavy (non-hydrogen) atoms. The van der Waals surface area contributed by atoms with Gasteiger partial charge in [-0.25, -0.2) is 4.79 Å². The minimum Gasteiger partial charge on any atom is -0.462 e.